The van der Waals surface area contributed by atoms with Crippen LogP contribution in [0.3, 0.4) is 0 Å². The van der Waals surface area contributed by atoms with E-state index in [1.54, 1.807) is 21.3 Å². The first-order chi connectivity index (χ1) is 16.8. The molecule has 7 nitrogen and oxygen atoms in total. The highest BCUT2D eigenvalue weighted by molar-refractivity contribution is 5.71. The molecular formula is C28H39NO6. The Bertz CT molecular complexity index is 968. The molecule has 3 rings (SSSR count). The molecule has 0 saturated carbocycles. The van der Waals surface area contributed by atoms with Gasteiger partial charge in [-0.05, 0) is 63.0 Å². The molecule has 1 heterocycles. The van der Waals surface area contributed by atoms with Crippen LogP contribution in [0.1, 0.15) is 44.7 Å². The van der Waals surface area contributed by atoms with E-state index in [9.17, 15) is 4.79 Å². The number of hydrogen-bond donors (Lipinski definition) is 0. The predicted molar refractivity (Wildman–Crippen MR) is 136 cm³/mol. The van der Waals surface area contributed by atoms with Gasteiger partial charge in [-0.1, -0.05) is 32.0 Å². The minimum absolute atomic E-state index is 0.0502. The number of benzene rings is 2. The van der Waals surface area contributed by atoms with Gasteiger partial charge in [0.1, 0.15) is 12.0 Å². The summed E-state index contributed by atoms with van der Waals surface area (Å²) in [6, 6.07) is 11.8. The number of nitrogens with zero attached hydrogens (tertiary/aromatic N) is 1. The van der Waals surface area contributed by atoms with Crippen molar-refractivity contribution >= 4 is 6.29 Å². The molecule has 35 heavy (non-hydrogen) atoms. The predicted octanol–water partition coefficient (Wildman–Crippen LogP) is 4.84. The Morgan fingerprint density at radius 2 is 1.74 bits per heavy atom. The number of aldehydes is 1. The molecule has 0 saturated heterocycles. The average Bonchev–Trinajstić information content (AvgIpc) is 2.89. The largest absolute Gasteiger partial charge is 0.493 e. The number of carbonyl (C=O) groups is 1. The Labute approximate surface area is 209 Å². The van der Waals surface area contributed by atoms with Gasteiger partial charge in [-0.15, -0.1) is 0 Å². The fraction of sp³-hybridized carbons (Fsp3) is 0.536. The van der Waals surface area contributed by atoms with Crippen LogP contribution in [0.15, 0.2) is 36.4 Å². The quantitative estimate of drug-likeness (QED) is 0.399. The molecule has 0 N–H and O–H groups in total. The number of ether oxygens (including phenoxy) is 5. The van der Waals surface area contributed by atoms with Crippen molar-refractivity contribution in [3.05, 3.63) is 47.5 Å². The van der Waals surface area contributed by atoms with Gasteiger partial charge in [0, 0.05) is 5.56 Å². The van der Waals surface area contributed by atoms with Gasteiger partial charge in [-0.25, -0.2) is 0 Å². The number of methoxy groups -OCH3 is 3. The van der Waals surface area contributed by atoms with E-state index in [4.69, 9.17) is 23.7 Å². The lowest BCUT2D eigenvalue weighted by atomic mass is 9.69. The molecule has 7 heteroatoms. The molecule has 0 spiro atoms. The summed E-state index contributed by atoms with van der Waals surface area (Å²) in [6.07, 6.45) is 2.23. The van der Waals surface area contributed by atoms with Gasteiger partial charge >= 0.3 is 0 Å². The van der Waals surface area contributed by atoms with E-state index in [0.717, 1.165) is 36.1 Å². The van der Waals surface area contributed by atoms with Crippen LogP contribution in [-0.4, -0.2) is 58.4 Å². The molecule has 1 aliphatic rings. The minimum Gasteiger partial charge on any atom is -0.493 e. The normalized spacial score (nSPS) is 17.8. The molecule has 0 fully saturated rings. The number of likely N-dealkylation sites (N-methyl/N-ethyl adjacent to an activating group) is 1. The third kappa shape index (κ3) is 5.57. The molecular weight excluding hydrogens is 446 g/mol. The Morgan fingerprint density at radius 1 is 1.09 bits per heavy atom. The van der Waals surface area contributed by atoms with Gasteiger partial charge in [0.25, 0.3) is 0 Å². The second kappa shape index (κ2) is 11.8. The number of hydrogen-bond acceptors (Lipinski definition) is 7. The smallest absolute Gasteiger partial charge is 0.215 e. The Kier molecular flexibility index (Phi) is 9.03. The van der Waals surface area contributed by atoms with Crippen LogP contribution in [0.2, 0.25) is 0 Å². The molecule has 3 atom stereocenters. The van der Waals surface area contributed by atoms with Crippen LogP contribution in [0.4, 0.5) is 0 Å². The number of fused-ring (bicyclic) bond motifs is 1. The molecule has 0 aromatic heterocycles. The van der Waals surface area contributed by atoms with Crippen molar-refractivity contribution in [1.29, 1.82) is 0 Å². The van der Waals surface area contributed by atoms with E-state index in [0.29, 0.717) is 30.3 Å². The number of carbonyl (C=O) groups excluding carboxylic acids is 1. The van der Waals surface area contributed by atoms with Crippen LogP contribution >= 0.6 is 0 Å². The summed E-state index contributed by atoms with van der Waals surface area (Å²) < 4.78 is 28.6. The van der Waals surface area contributed by atoms with Gasteiger partial charge in [0.15, 0.2) is 11.5 Å². The van der Waals surface area contributed by atoms with E-state index < -0.39 is 5.41 Å². The van der Waals surface area contributed by atoms with Crippen molar-refractivity contribution in [2.75, 3.05) is 34.9 Å². The van der Waals surface area contributed by atoms with Gasteiger partial charge in [-0.3, -0.25) is 4.90 Å². The van der Waals surface area contributed by atoms with E-state index in [-0.39, 0.29) is 18.2 Å². The minimum atomic E-state index is -0.687. The summed E-state index contributed by atoms with van der Waals surface area (Å²) in [4.78, 5) is 14.9. The maximum absolute atomic E-state index is 12.6. The molecule has 3 unspecified atom stereocenters. The van der Waals surface area contributed by atoms with Crippen molar-refractivity contribution in [1.82, 2.24) is 4.90 Å². The van der Waals surface area contributed by atoms with Crippen LogP contribution in [0.25, 0.3) is 0 Å². The zero-order valence-corrected chi connectivity index (χ0v) is 22.0. The highest BCUT2D eigenvalue weighted by Crippen LogP contribution is 2.44. The second-order valence-electron chi connectivity index (χ2n) is 9.46. The molecule has 2 aromatic rings. The Balaban J connectivity index is 1.73. The first kappa shape index (κ1) is 26.8. The average molecular weight is 486 g/mol. The summed E-state index contributed by atoms with van der Waals surface area (Å²) in [5.41, 5.74) is 1.24. The van der Waals surface area contributed by atoms with Crippen molar-refractivity contribution in [3.8, 4) is 23.0 Å². The molecule has 0 amide bonds. The fourth-order valence-corrected chi connectivity index (χ4v) is 4.72. The van der Waals surface area contributed by atoms with E-state index in [1.807, 2.05) is 36.4 Å². The highest BCUT2D eigenvalue weighted by Gasteiger charge is 2.37. The summed E-state index contributed by atoms with van der Waals surface area (Å²) >= 11 is 0. The lowest BCUT2D eigenvalue weighted by Gasteiger charge is -2.37. The van der Waals surface area contributed by atoms with Crippen molar-refractivity contribution < 1.29 is 28.5 Å². The van der Waals surface area contributed by atoms with Crippen LogP contribution < -0.4 is 18.9 Å². The molecule has 1 aliphatic heterocycles. The lowest BCUT2D eigenvalue weighted by Crippen LogP contribution is -2.45. The van der Waals surface area contributed by atoms with Crippen molar-refractivity contribution in [3.63, 3.8) is 0 Å². The van der Waals surface area contributed by atoms with E-state index >= 15 is 0 Å². The maximum Gasteiger partial charge on any atom is 0.215 e. The lowest BCUT2D eigenvalue weighted by molar-refractivity contribution is -0.142. The third-order valence-electron chi connectivity index (χ3n) is 7.25. The van der Waals surface area contributed by atoms with Gasteiger partial charge in [-0.2, -0.15) is 0 Å². The first-order valence-electron chi connectivity index (χ1n) is 12.1. The zero-order chi connectivity index (χ0) is 25.6. The molecule has 192 valence electrons. The fourth-order valence-electron chi connectivity index (χ4n) is 4.72. The van der Waals surface area contributed by atoms with E-state index in [2.05, 4.69) is 32.7 Å². The molecule has 0 bridgehead atoms. The molecule has 0 radical (unpaired) electrons. The summed E-state index contributed by atoms with van der Waals surface area (Å²) in [5.74, 6) is 2.57. The highest BCUT2D eigenvalue weighted by atomic mass is 16.7. The topological polar surface area (TPSA) is 66.5 Å². The van der Waals surface area contributed by atoms with E-state index in [1.165, 1.54) is 0 Å². The van der Waals surface area contributed by atoms with Crippen LogP contribution in [0.5, 0.6) is 23.0 Å². The standard InChI is InChI=1S/C28H39NO6/c1-19(2)28(18-30,22-15-24(31-5)26(33-7)25(16-22)32-6)13-10-14-29(4)20(3)27-34-17-21-11-8-9-12-23(21)35-27/h8-9,11-12,15-16,18-20,27H,10,13-14,17H2,1-7H3. The molecule has 0 aliphatic carbocycles. The van der Waals surface area contributed by atoms with Crippen LogP contribution in [0, 0.1) is 5.92 Å². The monoisotopic (exact) mass is 485 g/mol. The summed E-state index contributed by atoms with van der Waals surface area (Å²) in [7, 11) is 6.81. The third-order valence-corrected chi connectivity index (χ3v) is 7.25. The zero-order valence-electron chi connectivity index (χ0n) is 22.0. The first-order valence-corrected chi connectivity index (χ1v) is 12.1. The number of para-hydroxylation sites is 1. The Hall–Kier alpha value is -2.77. The van der Waals surface area contributed by atoms with Crippen molar-refractivity contribution in [2.45, 2.75) is 58.0 Å². The second-order valence-corrected chi connectivity index (χ2v) is 9.46. The van der Waals surface area contributed by atoms with Gasteiger partial charge in [0.2, 0.25) is 12.0 Å². The van der Waals surface area contributed by atoms with Gasteiger partial charge < -0.3 is 28.5 Å². The molecule has 2 aromatic carbocycles. The summed E-state index contributed by atoms with van der Waals surface area (Å²) in [6.45, 7) is 7.59. The van der Waals surface area contributed by atoms with Crippen molar-refractivity contribution in [2.24, 2.45) is 5.92 Å². The maximum atomic E-state index is 12.6. The SMILES string of the molecule is COc1cc(C(C=O)(CCCN(C)C(C)C2OCc3ccccc3O2)C(C)C)cc(OC)c1OC. The van der Waals surface area contributed by atoms with Crippen LogP contribution in [-0.2, 0) is 21.6 Å². The van der Waals surface area contributed by atoms with Gasteiger partial charge in [0.05, 0.1) is 39.4 Å². The number of rotatable bonds is 12. The Morgan fingerprint density at radius 3 is 2.31 bits per heavy atom. The summed E-state index contributed by atoms with van der Waals surface area (Å²) in [5, 5.41) is 0.